The van der Waals surface area contributed by atoms with Crippen LogP contribution in [0.25, 0.3) is 0 Å². The van der Waals surface area contributed by atoms with Crippen LogP contribution in [-0.4, -0.2) is 8.42 Å². The lowest BCUT2D eigenvalue weighted by Crippen LogP contribution is -2.26. The number of hydrogen-bond acceptors (Lipinski definition) is 3. The van der Waals surface area contributed by atoms with Crippen molar-refractivity contribution < 1.29 is 8.42 Å². The molecule has 0 aromatic heterocycles. The van der Waals surface area contributed by atoms with Gasteiger partial charge in [-0.05, 0) is 102 Å². The van der Waals surface area contributed by atoms with E-state index in [4.69, 9.17) is 0 Å². The van der Waals surface area contributed by atoms with Crippen molar-refractivity contribution in [2.75, 3.05) is 9.21 Å². The van der Waals surface area contributed by atoms with Gasteiger partial charge in [0.1, 0.15) is 0 Å². The van der Waals surface area contributed by atoms with E-state index >= 15 is 0 Å². The van der Waals surface area contributed by atoms with E-state index in [2.05, 4.69) is 91.5 Å². The average Bonchev–Trinajstić information content (AvgIpc) is 3.20. The molecule has 4 nitrogen and oxygen atoms in total. The zero-order valence-electron chi connectivity index (χ0n) is 29.7. The predicted octanol–water partition coefficient (Wildman–Crippen LogP) is 12.3. The molecule has 0 fully saturated rings. The first-order chi connectivity index (χ1) is 25.3. The molecule has 0 heterocycles. The molecule has 2 atom stereocenters. The fourth-order valence-corrected chi connectivity index (χ4v) is 8.17. The average molecular weight is 699 g/mol. The van der Waals surface area contributed by atoms with Crippen LogP contribution in [0.15, 0.2) is 193 Å². The van der Waals surface area contributed by atoms with Crippen molar-refractivity contribution in [1.82, 2.24) is 0 Å². The molecule has 5 heteroatoms. The first-order valence-electron chi connectivity index (χ1n) is 17.7. The summed E-state index contributed by atoms with van der Waals surface area (Å²) in [6.45, 7) is 6.35. The second-order valence-corrected chi connectivity index (χ2v) is 15.0. The van der Waals surface area contributed by atoms with Crippen molar-refractivity contribution in [3.63, 3.8) is 0 Å². The molecule has 0 amide bonds. The van der Waals surface area contributed by atoms with E-state index < -0.39 is 10.0 Å². The SMILES string of the molecule is Cc1ccc(S(=O)(=O)N(c2ccc(C(C)c3ccccc3)cc2)c2ccc(N(c3ccccc3)c3ccc(C(C)c4ccccc4)cc3)cc2)cc1. The van der Waals surface area contributed by atoms with Gasteiger partial charge in [0.25, 0.3) is 10.0 Å². The van der Waals surface area contributed by atoms with Gasteiger partial charge in [0.15, 0.2) is 0 Å². The third kappa shape index (κ3) is 7.27. The minimum absolute atomic E-state index is 0.163. The van der Waals surface area contributed by atoms with Gasteiger partial charge in [-0.15, -0.1) is 0 Å². The third-order valence-corrected chi connectivity index (χ3v) is 11.6. The minimum Gasteiger partial charge on any atom is -0.311 e. The van der Waals surface area contributed by atoms with Crippen LogP contribution in [0.4, 0.5) is 28.4 Å². The number of sulfonamides is 1. The summed E-state index contributed by atoms with van der Waals surface area (Å²) >= 11 is 0. The number of benzene rings is 7. The first kappa shape index (κ1) is 34.5. The first-order valence-corrected chi connectivity index (χ1v) is 19.1. The highest BCUT2D eigenvalue weighted by Crippen LogP contribution is 2.39. The Labute approximate surface area is 308 Å². The quantitative estimate of drug-likeness (QED) is 0.135. The summed E-state index contributed by atoms with van der Waals surface area (Å²) < 4.78 is 30.4. The van der Waals surface area contributed by atoms with Crippen LogP contribution in [0, 0.1) is 6.92 Å². The molecule has 7 rings (SSSR count). The Kier molecular flexibility index (Phi) is 10.1. The Morgan fingerprint density at radius 3 is 1.15 bits per heavy atom. The summed E-state index contributed by atoms with van der Waals surface area (Å²) in [7, 11) is -3.96. The molecule has 0 saturated heterocycles. The largest absolute Gasteiger partial charge is 0.311 e. The van der Waals surface area contributed by atoms with E-state index in [1.165, 1.54) is 21.0 Å². The summed E-state index contributed by atoms with van der Waals surface area (Å²) in [6.07, 6.45) is 0. The highest BCUT2D eigenvalue weighted by Gasteiger charge is 2.27. The molecule has 0 aliphatic carbocycles. The van der Waals surface area contributed by atoms with Crippen molar-refractivity contribution in [3.05, 3.63) is 216 Å². The van der Waals surface area contributed by atoms with E-state index in [1.54, 1.807) is 12.1 Å². The molecule has 0 N–H and O–H groups in total. The Balaban J connectivity index is 1.26. The lowest BCUT2D eigenvalue weighted by Gasteiger charge is -2.28. The van der Waals surface area contributed by atoms with E-state index in [-0.39, 0.29) is 16.7 Å². The van der Waals surface area contributed by atoms with Gasteiger partial charge in [-0.1, -0.05) is 135 Å². The maximum Gasteiger partial charge on any atom is 0.268 e. The second kappa shape index (κ2) is 15.1. The number of nitrogens with zero attached hydrogens (tertiary/aromatic N) is 2. The fourth-order valence-electron chi connectivity index (χ4n) is 6.68. The van der Waals surface area contributed by atoms with Crippen molar-refractivity contribution in [2.24, 2.45) is 0 Å². The highest BCUT2D eigenvalue weighted by molar-refractivity contribution is 7.93. The minimum atomic E-state index is -3.96. The van der Waals surface area contributed by atoms with Crippen molar-refractivity contribution >= 4 is 38.5 Å². The number of hydrogen-bond donors (Lipinski definition) is 0. The highest BCUT2D eigenvalue weighted by atomic mass is 32.2. The van der Waals surface area contributed by atoms with Crippen LogP contribution >= 0.6 is 0 Å². The monoisotopic (exact) mass is 698 g/mol. The molecule has 0 bridgehead atoms. The number of anilines is 5. The van der Waals surface area contributed by atoms with Gasteiger partial charge < -0.3 is 4.90 Å². The zero-order chi connectivity index (χ0) is 36.1. The molecule has 0 spiro atoms. The standard InChI is InChI=1S/C47H42N2O2S/c1-35-19-33-47(34-20-35)52(50,51)49(45-27-23-41(24-28-45)37(3)39-15-9-5-10-16-39)46-31-29-44(30-32-46)48(42-17-11-6-12-18-42)43-25-21-40(22-26-43)36(2)38-13-7-4-8-14-38/h4-34,36-37H,1-3H3. The van der Waals surface area contributed by atoms with Gasteiger partial charge in [-0.2, -0.15) is 0 Å². The maximum absolute atomic E-state index is 14.5. The summed E-state index contributed by atoms with van der Waals surface area (Å²) in [4.78, 5) is 2.43. The number of aryl methyl sites for hydroxylation is 1. The van der Waals surface area contributed by atoms with Gasteiger partial charge >= 0.3 is 0 Å². The molecule has 7 aromatic carbocycles. The Morgan fingerprint density at radius 1 is 0.385 bits per heavy atom. The smallest absolute Gasteiger partial charge is 0.268 e. The molecular weight excluding hydrogens is 657 g/mol. The van der Waals surface area contributed by atoms with Crippen LogP contribution in [0.1, 0.15) is 53.5 Å². The van der Waals surface area contributed by atoms with Crippen LogP contribution in [0.5, 0.6) is 0 Å². The van der Waals surface area contributed by atoms with Crippen molar-refractivity contribution in [3.8, 4) is 0 Å². The van der Waals surface area contributed by atoms with Crippen molar-refractivity contribution in [2.45, 2.75) is 37.5 Å². The molecule has 52 heavy (non-hydrogen) atoms. The zero-order valence-corrected chi connectivity index (χ0v) is 30.5. The summed E-state index contributed by atoms with van der Waals surface area (Å²) in [6, 6.07) is 62.4. The maximum atomic E-state index is 14.5. The van der Waals surface area contributed by atoms with Crippen molar-refractivity contribution in [1.29, 1.82) is 0 Å². The van der Waals surface area contributed by atoms with Gasteiger partial charge in [0, 0.05) is 28.9 Å². The Bertz CT molecular complexity index is 2310. The van der Waals surface area contributed by atoms with Crippen LogP contribution in [0.2, 0.25) is 0 Å². The lowest BCUT2D eigenvalue weighted by molar-refractivity contribution is 0.596. The topological polar surface area (TPSA) is 40.6 Å². The third-order valence-electron chi connectivity index (χ3n) is 9.79. The van der Waals surface area contributed by atoms with E-state index in [0.29, 0.717) is 11.4 Å². The normalized spacial score (nSPS) is 12.5. The summed E-state index contributed by atoms with van der Waals surface area (Å²) in [5, 5.41) is 0. The molecule has 7 aromatic rings. The Morgan fingerprint density at radius 2 is 0.712 bits per heavy atom. The van der Waals surface area contributed by atoms with Gasteiger partial charge in [-0.25, -0.2) is 12.7 Å². The van der Waals surface area contributed by atoms with Gasteiger partial charge in [0.05, 0.1) is 16.3 Å². The fraction of sp³-hybridized carbons (Fsp3) is 0.106. The van der Waals surface area contributed by atoms with Crippen LogP contribution in [-0.2, 0) is 10.0 Å². The van der Waals surface area contributed by atoms with Crippen LogP contribution < -0.4 is 9.21 Å². The lowest BCUT2D eigenvalue weighted by atomic mass is 9.93. The molecule has 2 unspecified atom stereocenters. The molecular formula is C47H42N2O2S. The number of rotatable bonds is 11. The van der Waals surface area contributed by atoms with Crippen LogP contribution in [0.3, 0.4) is 0 Å². The second-order valence-electron chi connectivity index (χ2n) is 13.2. The number of para-hydroxylation sites is 1. The molecule has 0 radical (unpaired) electrons. The molecule has 0 aliphatic heterocycles. The van der Waals surface area contributed by atoms with E-state index in [0.717, 1.165) is 28.2 Å². The van der Waals surface area contributed by atoms with Gasteiger partial charge in [0.2, 0.25) is 0 Å². The summed E-state index contributed by atoms with van der Waals surface area (Å²) in [5.41, 5.74) is 9.88. The molecule has 0 aliphatic rings. The molecule has 0 saturated carbocycles. The Hall–Kier alpha value is -5.91. The van der Waals surface area contributed by atoms with Gasteiger partial charge in [-0.3, -0.25) is 0 Å². The van der Waals surface area contributed by atoms with E-state index in [9.17, 15) is 8.42 Å². The molecule has 258 valence electrons. The summed E-state index contributed by atoms with van der Waals surface area (Å²) in [5.74, 6) is 0.424. The van der Waals surface area contributed by atoms with E-state index in [1.807, 2.05) is 110 Å². The predicted molar refractivity (Wildman–Crippen MR) is 216 cm³/mol.